The van der Waals surface area contributed by atoms with Crippen LogP contribution >= 0.6 is 15.9 Å². The van der Waals surface area contributed by atoms with Crippen LogP contribution in [0.1, 0.15) is 5.69 Å². The molecule has 0 aliphatic heterocycles. The second-order valence-corrected chi connectivity index (χ2v) is 3.57. The van der Waals surface area contributed by atoms with Gasteiger partial charge in [-0.25, -0.2) is 0 Å². The van der Waals surface area contributed by atoms with Gasteiger partial charge in [-0.15, -0.1) is 0 Å². The monoisotopic (exact) mass is 235 g/mol. The van der Waals surface area contributed by atoms with Crippen molar-refractivity contribution >= 4 is 26.8 Å². The van der Waals surface area contributed by atoms with Gasteiger partial charge in [0.05, 0.1) is 10.9 Å². The zero-order valence-corrected chi connectivity index (χ0v) is 8.54. The molecule has 2 rings (SSSR count). The Balaban J connectivity index is 2.99. The Morgan fingerprint density at radius 1 is 1.54 bits per heavy atom. The molecule has 1 heterocycles. The lowest BCUT2D eigenvalue weighted by Crippen LogP contribution is -1.92. The van der Waals surface area contributed by atoms with Crippen LogP contribution in [0.25, 0.3) is 10.9 Å². The minimum absolute atomic E-state index is 0.586. The standard InChI is InChI=1S/C9H6BrN3/c1-13-8(5-11)9-6(10)3-2-4-7(9)12-13/h2-4H,1H3. The molecule has 0 unspecified atom stereocenters. The van der Waals surface area contributed by atoms with Gasteiger partial charge in [0.15, 0.2) is 0 Å². The number of benzene rings is 1. The third-order valence-corrected chi connectivity index (χ3v) is 2.58. The molecule has 0 radical (unpaired) electrons. The molecule has 0 amide bonds. The average Bonchev–Trinajstić information content (AvgIpc) is 2.42. The molecule has 1 aromatic carbocycles. The van der Waals surface area contributed by atoms with E-state index in [1.54, 1.807) is 11.7 Å². The van der Waals surface area contributed by atoms with Crippen LogP contribution in [0.2, 0.25) is 0 Å². The maximum Gasteiger partial charge on any atom is 0.147 e. The fraction of sp³-hybridized carbons (Fsp3) is 0.111. The molecule has 13 heavy (non-hydrogen) atoms. The van der Waals surface area contributed by atoms with Gasteiger partial charge in [-0.1, -0.05) is 6.07 Å². The van der Waals surface area contributed by atoms with Crippen LogP contribution in [-0.4, -0.2) is 9.78 Å². The smallest absolute Gasteiger partial charge is 0.147 e. The highest BCUT2D eigenvalue weighted by Crippen LogP contribution is 2.25. The maximum atomic E-state index is 8.90. The zero-order chi connectivity index (χ0) is 9.42. The second-order valence-electron chi connectivity index (χ2n) is 2.72. The number of aryl methyl sites for hydroxylation is 1. The molecule has 2 aromatic rings. The van der Waals surface area contributed by atoms with E-state index in [1.807, 2.05) is 18.2 Å². The Morgan fingerprint density at radius 3 is 3.00 bits per heavy atom. The van der Waals surface area contributed by atoms with Crippen LogP contribution in [0.15, 0.2) is 22.7 Å². The van der Waals surface area contributed by atoms with Gasteiger partial charge in [-0.2, -0.15) is 10.4 Å². The Morgan fingerprint density at radius 2 is 2.31 bits per heavy atom. The van der Waals surface area contributed by atoms with E-state index in [9.17, 15) is 0 Å². The van der Waals surface area contributed by atoms with Crippen LogP contribution in [0.4, 0.5) is 0 Å². The molecular formula is C9H6BrN3. The van der Waals surface area contributed by atoms with E-state index in [0.717, 1.165) is 15.4 Å². The van der Waals surface area contributed by atoms with Crippen molar-refractivity contribution in [2.75, 3.05) is 0 Å². The predicted molar refractivity (Wildman–Crippen MR) is 53.1 cm³/mol. The van der Waals surface area contributed by atoms with Gasteiger partial charge >= 0.3 is 0 Å². The third-order valence-electron chi connectivity index (χ3n) is 1.92. The highest BCUT2D eigenvalue weighted by molar-refractivity contribution is 9.10. The second kappa shape index (κ2) is 2.86. The van der Waals surface area contributed by atoms with Gasteiger partial charge in [0.2, 0.25) is 0 Å². The number of nitriles is 1. The minimum atomic E-state index is 0.586. The molecule has 0 aliphatic rings. The van der Waals surface area contributed by atoms with Crippen molar-refractivity contribution < 1.29 is 0 Å². The summed E-state index contributed by atoms with van der Waals surface area (Å²) in [7, 11) is 1.77. The minimum Gasteiger partial charge on any atom is -0.257 e. The van der Waals surface area contributed by atoms with Crippen molar-refractivity contribution in [2.45, 2.75) is 0 Å². The molecule has 0 fully saturated rings. The summed E-state index contributed by atoms with van der Waals surface area (Å²) in [6.45, 7) is 0. The summed E-state index contributed by atoms with van der Waals surface area (Å²) >= 11 is 3.40. The molecule has 1 aromatic heterocycles. The molecule has 0 saturated heterocycles. The largest absolute Gasteiger partial charge is 0.257 e. The molecule has 0 spiro atoms. The Labute approximate surface area is 83.7 Å². The quantitative estimate of drug-likeness (QED) is 0.703. The molecule has 0 bridgehead atoms. The van der Waals surface area contributed by atoms with E-state index >= 15 is 0 Å². The summed E-state index contributed by atoms with van der Waals surface area (Å²) in [6.07, 6.45) is 0. The molecule has 0 atom stereocenters. The van der Waals surface area contributed by atoms with E-state index in [2.05, 4.69) is 27.1 Å². The molecule has 0 saturated carbocycles. The van der Waals surface area contributed by atoms with Gasteiger partial charge in [0.1, 0.15) is 11.8 Å². The van der Waals surface area contributed by atoms with Gasteiger partial charge in [0.25, 0.3) is 0 Å². The Kier molecular flexibility index (Phi) is 1.82. The average molecular weight is 236 g/mol. The molecule has 3 nitrogen and oxygen atoms in total. The van der Waals surface area contributed by atoms with Crippen molar-refractivity contribution in [1.82, 2.24) is 9.78 Å². The highest BCUT2D eigenvalue weighted by atomic mass is 79.9. The summed E-state index contributed by atoms with van der Waals surface area (Å²) in [4.78, 5) is 0. The number of fused-ring (bicyclic) bond motifs is 1. The molecule has 0 N–H and O–H groups in total. The lowest BCUT2D eigenvalue weighted by atomic mass is 10.2. The third kappa shape index (κ3) is 1.12. The molecule has 64 valence electrons. The summed E-state index contributed by atoms with van der Waals surface area (Å²) < 4.78 is 2.50. The van der Waals surface area contributed by atoms with Crippen LogP contribution in [0, 0.1) is 11.3 Å². The maximum absolute atomic E-state index is 8.90. The number of nitrogens with zero attached hydrogens (tertiary/aromatic N) is 3. The Hall–Kier alpha value is -1.34. The van der Waals surface area contributed by atoms with Crippen molar-refractivity contribution in [3.63, 3.8) is 0 Å². The van der Waals surface area contributed by atoms with Gasteiger partial charge in [0, 0.05) is 11.5 Å². The topological polar surface area (TPSA) is 41.6 Å². The van der Waals surface area contributed by atoms with E-state index < -0.39 is 0 Å². The summed E-state index contributed by atoms with van der Waals surface area (Å²) in [6, 6.07) is 7.83. The van der Waals surface area contributed by atoms with E-state index in [0.29, 0.717) is 5.69 Å². The van der Waals surface area contributed by atoms with Crippen LogP contribution < -0.4 is 0 Å². The van der Waals surface area contributed by atoms with Crippen LogP contribution in [-0.2, 0) is 7.05 Å². The predicted octanol–water partition coefficient (Wildman–Crippen LogP) is 2.21. The number of hydrogen-bond donors (Lipinski definition) is 0. The molecule has 0 aliphatic carbocycles. The van der Waals surface area contributed by atoms with Crippen molar-refractivity contribution in [3.8, 4) is 6.07 Å². The first kappa shape index (κ1) is 8.27. The SMILES string of the molecule is Cn1nc2cccc(Br)c2c1C#N. The van der Waals surface area contributed by atoms with Crippen LogP contribution in [0.3, 0.4) is 0 Å². The summed E-state index contributed by atoms with van der Waals surface area (Å²) in [5.74, 6) is 0. The lowest BCUT2D eigenvalue weighted by molar-refractivity contribution is 0.767. The van der Waals surface area contributed by atoms with E-state index in [-0.39, 0.29) is 0 Å². The lowest BCUT2D eigenvalue weighted by Gasteiger charge is -1.91. The fourth-order valence-electron chi connectivity index (χ4n) is 1.33. The number of aromatic nitrogens is 2. The van der Waals surface area contributed by atoms with E-state index in [4.69, 9.17) is 5.26 Å². The number of rotatable bonds is 0. The number of hydrogen-bond acceptors (Lipinski definition) is 2. The van der Waals surface area contributed by atoms with Crippen molar-refractivity contribution in [1.29, 1.82) is 5.26 Å². The van der Waals surface area contributed by atoms with Crippen LogP contribution in [0.5, 0.6) is 0 Å². The first-order chi connectivity index (χ1) is 6.24. The zero-order valence-electron chi connectivity index (χ0n) is 6.95. The van der Waals surface area contributed by atoms with Gasteiger partial charge in [-0.05, 0) is 28.1 Å². The molecular weight excluding hydrogens is 230 g/mol. The normalized spacial score (nSPS) is 10.2. The van der Waals surface area contributed by atoms with Crippen molar-refractivity contribution in [3.05, 3.63) is 28.4 Å². The van der Waals surface area contributed by atoms with E-state index in [1.165, 1.54) is 0 Å². The first-order valence-corrected chi connectivity index (χ1v) is 4.54. The summed E-state index contributed by atoms with van der Waals surface area (Å²) in [5, 5.41) is 14.0. The highest BCUT2D eigenvalue weighted by Gasteiger charge is 2.09. The molecule has 4 heteroatoms. The van der Waals surface area contributed by atoms with Gasteiger partial charge < -0.3 is 0 Å². The Bertz CT molecular complexity index is 507. The number of halogens is 1. The van der Waals surface area contributed by atoms with Crippen molar-refractivity contribution in [2.24, 2.45) is 7.05 Å². The summed E-state index contributed by atoms with van der Waals surface area (Å²) in [5.41, 5.74) is 1.43. The van der Waals surface area contributed by atoms with Gasteiger partial charge in [-0.3, -0.25) is 4.68 Å². The fourth-order valence-corrected chi connectivity index (χ4v) is 1.88. The first-order valence-electron chi connectivity index (χ1n) is 3.75.